The van der Waals surface area contributed by atoms with E-state index in [1.165, 1.54) is 11.1 Å². The third kappa shape index (κ3) is 3.66. The number of rotatable bonds is 5. The molecule has 0 saturated heterocycles. The van der Waals surface area contributed by atoms with E-state index in [1.807, 2.05) is 18.2 Å². The van der Waals surface area contributed by atoms with Crippen LogP contribution in [0.3, 0.4) is 0 Å². The lowest BCUT2D eigenvalue weighted by atomic mass is 10.0. The molecule has 2 aromatic carbocycles. The average molecular weight is 275 g/mol. The lowest BCUT2D eigenvalue weighted by molar-refractivity contribution is 0.945. The van der Waals surface area contributed by atoms with Gasteiger partial charge in [0.2, 0.25) is 0 Å². The van der Waals surface area contributed by atoms with Crippen LogP contribution in [0.1, 0.15) is 17.0 Å². The minimum absolute atomic E-state index is 0.632. The Morgan fingerprint density at radius 3 is 2.29 bits per heavy atom. The van der Waals surface area contributed by atoms with Crippen molar-refractivity contribution in [1.29, 1.82) is 0 Å². The van der Waals surface area contributed by atoms with Gasteiger partial charge in [0.05, 0.1) is 6.54 Å². The molecule has 0 aliphatic carbocycles. The summed E-state index contributed by atoms with van der Waals surface area (Å²) >= 11 is 0. The van der Waals surface area contributed by atoms with Crippen molar-refractivity contribution in [2.75, 3.05) is 5.32 Å². The molecule has 0 aliphatic heterocycles. The molecule has 0 unspecified atom stereocenters. The molecule has 0 spiro atoms. The van der Waals surface area contributed by atoms with Gasteiger partial charge in [0.25, 0.3) is 0 Å². The summed E-state index contributed by atoms with van der Waals surface area (Å²) in [6.07, 6.45) is 4.44. The van der Waals surface area contributed by atoms with E-state index in [2.05, 4.69) is 57.7 Å². The zero-order valence-electron chi connectivity index (χ0n) is 11.7. The fourth-order valence-corrected chi connectivity index (χ4v) is 2.26. The van der Waals surface area contributed by atoms with Crippen LogP contribution in [-0.4, -0.2) is 9.97 Å². The van der Waals surface area contributed by atoms with Crippen LogP contribution in [0, 0.1) is 0 Å². The van der Waals surface area contributed by atoms with E-state index >= 15 is 0 Å². The van der Waals surface area contributed by atoms with E-state index in [-0.39, 0.29) is 0 Å². The molecule has 3 aromatic rings. The second-order valence-electron chi connectivity index (χ2n) is 4.84. The molecule has 0 aliphatic rings. The zero-order valence-corrected chi connectivity index (χ0v) is 11.7. The van der Waals surface area contributed by atoms with Crippen LogP contribution < -0.4 is 5.32 Å². The summed E-state index contributed by atoms with van der Waals surface area (Å²) < 4.78 is 0. The molecule has 21 heavy (non-hydrogen) atoms. The Kier molecular flexibility index (Phi) is 4.22. The molecular formula is C18H17N3. The Hall–Kier alpha value is -2.68. The second kappa shape index (κ2) is 6.66. The number of hydrogen-bond acceptors (Lipinski definition) is 3. The fourth-order valence-electron chi connectivity index (χ4n) is 2.26. The van der Waals surface area contributed by atoms with Gasteiger partial charge in [-0.1, -0.05) is 48.5 Å². The van der Waals surface area contributed by atoms with Crippen molar-refractivity contribution in [2.24, 2.45) is 0 Å². The molecular weight excluding hydrogens is 258 g/mol. The van der Waals surface area contributed by atoms with E-state index in [9.17, 15) is 0 Å². The van der Waals surface area contributed by atoms with Crippen LogP contribution in [0.4, 0.5) is 5.69 Å². The van der Waals surface area contributed by atoms with Crippen LogP contribution in [0.15, 0.2) is 73.1 Å². The summed E-state index contributed by atoms with van der Waals surface area (Å²) in [4.78, 5) is 8.47. The summed E-state index contributed by atoms with van der Waals surface area (Å²) in [5, 5.41) is 3.42. The molecule has 1 aromatic heterocycles. The highest BCUT2D eigenvalue weighted by atomic mass is 15.0. The summed E-state index contributed by atoms with van der Waals surface area (Å²) in [6, 6.07) is 20.7. The lowest BCUT2D eigenvalue weighted by Crippen LogP contribution is -2.05. The van der Waals surface area contributed by atoms with Crippen molar-refractivity contribution in [3.8, 4) is 0 Å². The largest absolute Gasteiger partial charge is 0.378 e. The number of aromatic nitrogens is 2. The monoisotopic (exact) mass is 275 g/mol. The quantitative estimate of drug-likeness (QED) is 0.772. The average Bonchev–Trinajstić information content (AvgIpc) is 2.56. The first-order chi connectivity index (χ1) is 10.4. The molecule has 1 heterocycles. The lowest BCUT2D eigenvalue weighted by Gasteiger charge is -2.11. The summed E-state index contributed by atoms with van der Waals surface area (Å²) in [7, 11) is 0. The number of benzene rings is 2. The highest BCUT2D eigenvalue weighted by Crippen LogP contribution is 2.19. The first-order valence-corrected chi connectivity index (χ1v) is 7.03. The summed E-state index contributed by atoms with van der Waals surface area (Å²) in [6.45, 7) is 0.632. The van der Waals surface area contributed by atoms with Crippen LogP contribution >= 0.6 is 0 Å². The smallest absolute Gasteiger partial charge is 0.147 e. The van der Waals surface area contributed by atoms with Crippen LogP contribution in [0.5, 0.6) is 0 Å². The molecule has 0 fully saturated rings. The molecule has 0 saturated carbocycles. The van der Waals surface area contributed by atoms with Crippen molar-refractivity contribution < 1.29 is 0 Å². The van der Waals surface area contributed by atoms with Gasteiger partial charge >= 0.3 is 0 Å². The molecule has 0 bridgehead atoms. The van der Waals surface area contributed by atoms with E-state index in [0.717, 1.165) is 17.9 Å². The second-order valence-corrected chi connectivity index (χ2v) is 4.84. The highest BCUT2D eigenvalue weighted by Gasteiger charge is 2.03. The van der Waals surface area contributed by atoms with E-state index in [4.69, 9.17) is 0 Å². The number of anilines is 1. The Morgan fingerprint density at radius 2 is 1.48 bits per heavy atom. The summed E-state index contributed by atoms with van der Waals surface area (Å²) in [5.74, 6) is 0.798. The third-order valence-corrected chi connectivity index (χ3v) is 3.31. The van der Waals surface area contributed by atoms with Crippen LogP contribution in [-0.2, 0) is 13.0 Å². The van der Waals surface area contributed by atoms with E-state index in [0.29, 0.717) is 6.54 Å². The SMILES string of the molecule is c1ccc(Cc2ccccc2NCc2ncccn2)cc1. The molecule has 0 radical (unpaired) electrons. The maximum absolute atomic E-state index is 4.23. The van der Waals surface area contributed by atoms with Gasteiger partial charge < -0.3 is 5.32 Å². The Labute approximate surface area is 124 Å². The number of nitrogens with zero attached hydrogens (tertiary/aromatic N) is 2. The van der Waals surface area contributed by atoms with E-state index in [1.54, 1.807) is 12.4 Å². The van der Waals surface area contributed by atoms with Crippen molar-refractivity contribution in [2.45, 2.75) is 13.0 Å². The Balaban J connectivity index is 1.73. The zero-order chi connectivity index (χ0) is 14.3. The highest BCUT2D eigenvalue weighted by molar-refractivity contribution is 5.52. The van der Waals surface area contributed by atoms with Crippen molar-refractivity contribution in [1.82, 2.24) is 9.97 Å². The Bertz CT molecular complexity index is 681. The number of nitrogens with one attached hydrogen (secondary N) is 1. The van der Waals surface area contributed by atoms with Gasteiger partial charge in [-0.05, 0) is 29.7 Å². The minimum Gasteiger partial charge on any atom is -0.378 e. The maximum atomic E-state index is 4.23. The minimum atomic E-state index is 0.632. The molecule has 1 N–H and O–H groups in total. The first-order valence-electron chi connectivity index (χ1n) is 7.03. The maximum Gasteiger partial charge on any atom is 0.147 e. The van der Waals surface area contributed by atoms with Crippen molar-refractivity contribution in [3.05, 3.63) is 90.0 Å². The molecule has 104 valence electrons. The fraction of sp³-hybridized carbons (Fsp3) is 0.111. The van der Waals surface area contributed by atoms with Gasteiger partial charge in [-0.25, -0.2) is 9.97 Å². The normalized spacial score (nSPS) is 10.3. The van der Waals surface area contributed by atoms with Gasteiger partial charge in [0.15, 0.2) is 0 Å². The Morgan fingerprint density at radius 1 is 0.762 bits per heavy atom. The van der Waals surface area contributed by atoms with Gasteiger partial charge in [-0.2, -0.15) is 0 Å². The molecule has 0 atom stereocenters. The number of hydrogen-bond donors (Lipinski definition) is 1. The predicted molar refractivity (Wildman–Crippen MR) is 85.0 cm³/mol. The molecule has 3 rings (SSSR count). The van der Waals surface area contributed by atoms with E-state index < -0.39 is 0 Å². The molecule has 3 heteroatoms. The standard InChI is InChI=1S/C18H17N3/c1-2-7-15(8-3-1)13-16-9-4-5-10-17(16)21-14-18-19-11-6-12-20-18/h1-12,21H,13-14H2. The van der Waals surface area contributed by atoms with Gasteiger partial charge in [0.1, 0.15) is 5.82 Å². The molecule has 0 amide bonds. The van der Waals surface area contributed by atoms with Gasteiger partial charge in [-0.15, -0.1) is 0 Å². The van der Waals surface area contributed by atoms with Gasteiger partial charge in [-0.3, -0.25) is 0 Å². The first kappa shape index (κ1) is 13.3. The van der Waals surface area contributed by atoms with Gasteiger partial charge in [0, 0.05) is 18.1 Å². The third-order valence-electron chi connectivity index (χ3n) is 3.31. The topological polar surface area (TPSA) is 37.8 Å². The number of para-hydroxylation sites is 1. The summed E-state index contributed by atoms with van der Waals surface area (Å²) in [5.41, 5.74) is 3.72. The van der Waals surface area contributed by atoms with Crippen molar-refractivity contribution in [3.63, 3.8) is 0 Å². The van der Waals surface area contributed by atoms with Crippen molar-refractivity contribution >= 4 is 5.69 Å². The van der Waals surface area contributed by atoms with Crippen LogP contribution in [0.25, 0.3) is 0 Å². The van der Waals surface area contributed by atoms with Crippen LogP contribution in [0.2, 0.25) is 0 Å². The molecule has 3 nitrogen and oxygen atoms in total. The predicted octanol–water partition coefficient (Wildman–Crippen LogP) is 3.68.